The van der Waals surface area contributed by atoms with Gasteiger partial charge in [0.15, 0.2) is 0 Å². The first kappa shape index (κ1) is 17.9. The van der Waals surface area contributed by atoms with Crippen LogP contribution in [0.4, 0.5) is 10.5 Å². The average molecular weight is 348 g/mol. The molecule has 0 aliphatic carbocycles. The third kappa shape index (κ3) is 4.83. The van der Waals surface area contributed by atoms with Gasteiger partial charge in [0, 0.05) is 37.4 Å². The normalized spacial score (nSPS) is 26.7. The van der Waals surface area contributed by atoms with Gasteiger partial charge in [-0.2, -0.15) is 0 Å². The summed E-state index contributed by atoms with van der Waals surface area (Å²) >= 11 is 0. The second-order valence-corrected chi connectivity index (χ2v) is 7.27. The molecular weight excluding hydrogens is 320 g/mol. The lowest BCUT2D eigenvalue weighted by atomic mass is 9.94. The summed E-state index contributed by atoms with van der Waals surface area (Å²) in [5, 5.41) is 6.37. The highest BCUT2D eigenvalue weighted by Crippen LogP contribution is 2.33. The van der Waals surface area contributed by atoms with Gasteiger partial charge in [-0.15, -0.1) is 0 Å². The van der Waals surface area contributed by atoms with Crippen LogP contribution in [0.5, 0.6) is 0 Å². The van der Waals surface area contributed by atoms with Crippen LogP contribution in [0.2, 0.25) is 0 Å². The standard InChI is InChI=1S/C18H28N4O3/c1-14(2)21-17(23)22-6-7-24-13-18(12-22)8-15(11-25-18)9-20-16-4-3-5-19-10-16/h3-5,10,14-15,20H,6-9,11-13H2,1-2H3,(H,21,23). The number of rotatable bonds is 4. The molecule has 0 bridgehead atoms. The molecule has 1 aromatic heterocycles. The summed E-state index contributed by atoms with van der Waals surface area (Å²) in [6, 6.07) is 4.00. The quantitative estimate of drug-likeness (QED) is 0.866. The molecule has 3 rings (SSSR count). The zero-order valence-electron chi connectivity index (χ0n) is 15.0. The summed E-state index contributed by atoms with van der Waals surface area (Å²) in [5.41, 5.74) is 0.616. The van der Waals surface area contributed by atoms with E-state index < -0.39 is 5.60 Å². The first-order valence-electron chi connectivity index (χ1n) is 8.97. The second-order valence-electron chi connectivity index (χ2n) is 7.27. The van der Waals surface area contributed by atoms with E-state index in [1.807, 2.05) is 37.1 Å². The molecule has 2 fully saturated rings. The number of amides is 2. The van der Waals surface area contributed by atoms with E-state index in [2.05, 4.69) is 15.6 Å². The second kappa shape index (κ2) is 8.01. The maximum Gasteiger partial charge on any atom is 0.317 e. The number of urea groups is 1. The van der Waals surface area contributed by atoms with Gasteiger partial charge in [-0.1, -0.05) is 0 Å². The lowest BCUT2D eigenvalue weighted by Gasteiger charge is -2.31. The Bertz CT molecular complexity index is 569. The third-order valence-electron chi connectivity index (χ3n) is 4.59. The van der Waals surface area contributed by atoms with Crippen molar-refractivity contribution in [2.75, 3.05) is 44.8 Å². The Labute approximate surface area is 149 Å². The average Bonchev–Trinajstić information content (AvgIpc) is 2.86. The van der Waals surface area contributed by atoms with Crippen molar-refractivity contribution >= 4 is 11.7 Å². The van der Waals surface area contributed by atoms with E-state index in [9.17, 15) is 4.79 Å². The molecule has 0 aromatic carbocycles. The molecule has 2 atom stereocenters. The fourth-order valence-corrected chi connectivity index (χ4v) is 3.43. The fourth-order valence-electron chi connectivity index (χ4n) is 3.43. The summed E-state index contributed by atoms with van der Waals surface area (Å²) in [5.74, 6) is 0.386. The van der Waals surface area contributed by atoms with Crippen molar-refractivity contribution in [2.45, 2.75) is 31.9 Å². The van der Waals surface area contributed by atoms with E-state index in [-0.39, 0.29) is 12.1 Å². The molecule has 2 aliphatic rings. The number of hydrogen-bond acceptors (Lipinski definition) is 5. The van der Waals surface area contributed by atoms with Crippen LogP contribution >= 0.6 is 0 Å². The monoisotopic (exact) mass is 348 g/mol. The Balaban J connectivity index is 1.56. The minimum absolute atomic E-state index is 0.0413. The number of pyridine rings is 1. The molecular formula is C18H28N4O3. The van der Waals surface area contributed by atoms with Crippen molar-refractivity contribution in [3.63, 3.8) is 0 Å². The predicted molar refractivity (Wildman–Crippen MR) is 95.6 cm³/mol. The Hall–Kier alpha value is -1.86. The highest BCUT2D eigenvalue weighted by Gasteiger charge is 2.44. The molecule has 138 valence electrons. The van der Waals surface area contributed by atoms with Gasteiger partial charge in [-0.3, -0.25) is 4.98 Å². The van der Waals surface area contributed by atoms with Crippen molar-refractivity contribution in [1.82, 2.24) is 15.2 Å². The number of carbonyl (C=O) groups is 1. The van der Waals surface area contributed by atoms with Crippen LogP contribution in [-0.4, -0.2) is 67.0 Å². The van der Waals surface area contributed by atoms with Gasteiger partial charge in [0.2, 0.25) is 0 Å². The van der Waals surface area contributed by atoms with E-state index in [1.165, 1.54) is 0 Å². The van der Waals surface area contributed by atoms with Crippen molar-refractivity contribution in [2.24, 2.45) is 5.92 Å². The van der Waals surface area contributed by atoms with Crippen molar-refractivity contribution in [3.05, 3.63) is 24.5 Å². The van der Waals surface area contributed by atoms with Gasteiger partial charge in [0.1, 0.15) is 5.60 Å². The zero-order chi connectivity index (χ0) is 17.7. The molecule has 1 spiro atoms. The Kier molecular flexibility index (Phi) is 5.75. The molecule has 25 heavy (non-hydrogen) atoms. The molecule has 3 heterocycles. The maximum atomic E-state index is 12.4. The molecule has 7 heteroatoms. The largest absolute Gasteiger partial charge is 0.383 e. The van der Waals surface area contributed by atoms with Gasteiger partial charge in [-0.05, 0) is 32.4 Å². The van der Waals surface area contributed by atoms with Crippen LogP contribution in [-0.2, 0) is 9.47 Å². The number of nitrogens with zero attached hydrogens (tertiary/aromatic N) is 2. The number of ether oxygens (including phenoxy) is 2. The van der Waals surface area contributed by atoms with Crippen LogP contribution in [0.25, 0.3) is 0 Å². The van der Waals surface area contributed by atoms with Crippen LogP contribution < -0.4 is 10.6 Å². The molecule has 0 saturated carbocycles. The van der Waals surface area contributed by atoms with Crippen LogP contribution in [0.3, 0.4) is 0 Å². The minimum atomic E-state index is -0.397. The van der Waals surface area contributed by atoms with Crippen LogP contribution in [0, 0.1) is 5.92 Å². The zero-order valence-corrected chi connectivity index (χ0v) is 15.0. The number of hydrogen-bond donors (Lipinski definition) is 2. The molecule has 2 saturated heterocycles. The lowest BCUT2D eigenvalue weighted by molar-refractivity contribution is -0.0530. The molecule has 2 aliphatic heterocycles. The third-order valence-corrected chi connectivity index (χ3v) is 4.59. The van der Waals surface area contributed by atoms with E-state index in [1.54, 1.807) is 6.20 Å². The lowest BCUT2D eigenvalue weighted by Crippen LogP contribution is -2.50. The van der Waals surface area contributed by atoms with Gasteiger partial charge in [0.05, 0.1) is 32.1 Å². The topological polar surface area (TPSA) is 75.7 Å². The summed E-state index contributed by atoms with van der Waals surface area (Å²) in [6.07, 6.45) is 4.46. The SMILES string of the molecule is CC(C)NC(=O)N1CCOCC2(CC(CNc3cccnc3)CO2)C1. The summed E-state index contributed by atoms with van der Waals surface area (Å²) in [4.78, 5) is 18.3. The Morgan fingerprint density at radius 1 is 1.52 bits per heavy atom. The van der Waals surface area contributed by atoms with Crippen molar-refractivity contribution < 1.29 is 14.3 Å². The van der Waals surface area contributed by atoms with Crippen LogP contribution in [0.1, 0.15) is 20.3 Å². The highest BCUT2D eigenvalue weighted by atomic mass is 16.5. The van der Waals surface area contributed by atoms with E-state index >= 15 is 0 Å². The van der Waals surface area contributed by atoms with Gasteiger partial charge in [-0.25, -0.2) is 4.79 Å². The number of anilines is 1. The molecule has 1 aromatic rings. The smallest absolute Gasteiger partial charge is 0.317 e. The highest BCUT2D eigenvalue weighted by molar-refractivity contribution is 5.74. The molecule has 2 unspecified atom stereocenters. The van der Waals surface area contributed by atoms with Crippen molar-refractivity contribution in [1.29, 1.82) is 0 Å². The van der Waals surface area contributed by atoms with E-state index in [4.69, 9.17) is 9.47 Å². The van der Waals surface area contributed by atoms with Crippen molar-refractivity contribution in [3.8, 4) is 0 Å². The maximum absolute atomic E-state index is 12.4. The first-order chi connectivity index (χ1) is 12.1. The summed E-state index contributed by atoms with van der Waals surface area (Å²) in [6.45, 7) is 7.71. The fraction of sp³-hybridized carbons (Fsp3) is 0.667. The molecule has 2 N–H and O–H groups in total. The van der Waals surface area contributed by atoms with Crippen LogP contribution in [0.15, 0.2) is 24.5 Å². The Morgan fingerprint density at radius 2 is 2.40 bits per heavy atom. The molecule has 0 radical (unpaired) electrons. The summed E-state index contributed by atoms with van der Waals surface area (Å²) < 4.78 is 11.9. The van der Waals surface area contributed by atoms with E-state index in [0.29, 0.717) is 38.8 Å². The van der Waals surface area contributed by atoms with Gasteiger partial charge in [0.25, 0.3) is 0 Å². The van der Waals surface area contributed by atoms with E-state index in [0.717, 1.165) is 18.7 Å². The number of carbonyl (C=O) groups excluding carboxylic acids is 1. The molecule has 2 amide bonds. The Morgan fingerprint density at radius 3 is 3.16 bits per heavy atom. The van der Waals surface area contributed by atoms with Gasteiger partial charge >= 0.3 is 6.03 Å². The minimum Gasteiger partial charge on any atom is -0.383 e. The number of nitrogens with one attached hydrogen (secondary N) is 2. The molecule has 7 nitrogen and oxygen atoms in total. The summed E-state index contributed by atoms with van der Waals surface area (Å²) in [7, 11) is 0. The first-order valence-corrected chi connectivity index (χ1v) is 8.97. The predicted octanol–water partition coefficient (Wildman–Crippen LogP) is 1.72. The van der Waals surface area contributed by atoms with Gasteiger partial charge < -0.3 is 25.0 Å². The number of aromatic nitrogens is 1.